The van der Waals surface area contributed by atoms with Gasteiger partial charge in [-0.05, 0) is 37.1 Å². The second-order valence-electron chi connectivity index (χ2n) is 5.43. The van der Waals surface area contributed by atoms with E-state index in [1.807, 2.05) is 0 Å². The van der Waals surface area contributed by atoms with Crippen molar-refractivity contribution < 1.29 is 22.8 Å². The molecule has 0 spiro atoms. The summed E-state index contributed by atoms with van der Waals surface area (Å²) in [5.74, 6) is -2.42. The van der Waals surface area contributed by atoms with E-state index < -0.39 is 28.9 Å². The molecule has 0 bridgehead atoms. The van der Waals surface area contributed by atoms with Crippen molar-refractivity contribution in [1.29, 1.82) is 0 Å². The Morgan fingerprint density at radius 3 is 2.52 bits per heavy atom. The molecule has 3 rings (SSSR count). The van der Waals surface area contributed by atoms with Crippen LogP contribution in [0.2, 0.25) is 0 Å². The van der Waals surface area contributed by atoms with Crippen LogP contribution in [0.4, 0.5) is 14.5 Å². The molecule has 7 heteroatoms. The maximum Gasteiger partial charge on any atom is 0.240 e. The van der Waals surface area contributed by atoms with Crippen LogP contribution < -0.4 is 10.6 Å². The molecule has 1 aliphatic carbocycles. The van der Waals surface area contributed by atoms with Gasteiger partial charge in [-0.1, -0.05) is 0 Å². The highest BCUT2D eigenvalue weighted by Gasteiger charge is 2.56. The molecule has 1 heterocycles. The number of furan rings is 1. The monoisotopic (exact) mass is 320 g/mol. The first kappa shape index (κ1) is 15.2. The third-order valence-corrected chi connectivity index (χ3v) is 3.80. The molecule has 23 heavy (non-hydrogen) atoms. The zero-order valence-corrected chi connectivity index (χ0v) is 12.1. The zero-order valence-electron chi connectivity index (χ0n) is 12.1. The topological polar surface area (TPSA) is 71.3 Å². The number of nitrogens with one attached hydrogen (secondary N) is 2. The number of hydrogen-bond donors (Lipinski definition) is 2. The molecule has 120 valence electrons. The van der Waals surface area contributed by atoms with E-state index in [0.29, 0.717) is 18.6 Å². The Morgan fingerprint density at radius 2 is 1.91 bits per heavy atom. The first-order valence-corrected chi connectivity index (χ1v) is 7.08. The van der Waals surface area contributed by atoms with Crippen LogP contribution in [0.3, 0.4) is 0 Å². The molecule has 0 saturated heterocycles. The molecule has 2 aromatic rings. The lowest BCUT2D eigenvalue weighted by molar-refractivity contribution is -0.134. The fraction of sp³-hybridized carbons (Fsp3) is 0.250. The summed E-state index contributed by atoms with van der Waals surface area (Å²) >= 11 is 0. The second kappa shape index (κ2) is 5.83. The van der Waals surface area contributed by atoms with Crippen molar-refractivity contribution >= 4 is 17.5 Å². The predicted octanol–water partition coefficient (Wildman–Crippen LogP) is 2.59. The van der Waals surface area contributed by atoms with Crippen LogP contribution in [-0.4, -0.2) is 11.8 Å². The van der Waals surface area contributed by atoms with E-state index in [-0.39, 0.29) is 12.2 Å². The van der Waals surface area contributed by atoms with Crippen LogP contribution in [-0.2, 0) is 16.1 Å². The fourth-order valence-corrected chi connectivity index (χ4v) is 2.26. The average molecular weight is 320 g/mol. The van der Waals surface area contributed by atoms with Crippen molar-refractivity contribution in [1.82, 2.24) is 5.32 Å². The molecular formula is C16H14F2N2O3. The van der Waals surface area contributed by atoms with Crippen molar-refractivity contribution in [3.63, 3.8) is 0 Å². The van der Waals surface area contributed by atoms with E-state index in [4.69, 9.17) is 4.42 Å². The van der Waals surface area contributed by atoms with Gasteiger partial charge in [-0.2, -0.15) is 0 Å². The van der Waals surface area contributed by atoms with Gasteiger partial charge in [0.05, 0.1) is 12.8 Å². The summed E-state index contributed by atoms with van der Waals surface area (Å²) in [7, 11) is 0. The molecule has 1 fully saturated rings. The Bertz CT molecular complexity index is 740. The van der Waals surface area contributed by atoms with Gasteiger partial charge in [0, 0.05) is 11.8 Å². The lowest BCUT2D eigenvalue weighted by atomic mass is 10.0. The van der Waals surface area contributed by atoms with Crippen molar-refractivity contribution in [3.8, 4) is 0 Å². The van der Waals surface area contributed by atoms with Crippen LogP contribution in [0, 0.1) is 17.0 Å². The highest BCUT2D eigenvalue weighted by Crippen LogP contribution is 2.46. The van der Waals surface area contributed by atoms with Gasteiger partial charge in [0.1, 0.15) is 11.2 Å². The number of benzene rings is 1. The molecule has 0 radical (unpaired) electrons. The van der Waals surface area contributed by atoms with Gasteiger partial charge in [-0.25, -0.2) is 8.78 Å². The lowest BCUT2D eigenvalue weighted by Gasteiger charge is -2.15. The van der Waals surface area contributed by atoms with E-state index in [9.17, 15) is 18.4 Å². The van der Waals surface area contributed by atoms with E-state index in [0.717, 1.165) is 12.1 Å². The minimum atomic E-state index is -1.16. The first-order valence-electron chi connectivity index (χ1n) is 7.08. The smallest absolute Gasteiger partial charge is 0.240 e. The Labute approximate surface area is 130 Å². The Kier molecular flexibility index (Phi) is 3.85. The molecule has 1 saturated carbocycles. The van der Waals surface area contributed by atoms with Crippen LogP contribution in [0.25, 0.3) is 0 Å². The second-order valence-corrected chi connectivity index (χ2v) is 5.43. The van der Waals surface area contributed by atoms with Crippen LogP contribution in [0.5, 0.6) is 0 Å². The standard InChI is InChI=1S/C16H14F2N2O3/c17-12-4-3-10(8-13(12)18)20-15(22)16(5-6-16)14(21)19-9-11-2-1-7-23-11/h1-4,7-8H,5-6,9H2,(H,19,21)(H,20,22). The lowest BCUT2D eigenvalue weighted by Crippen LogP contribution is -2.39. The number of rotatable bonds is 5. The minimum absolute atomic E-state index is 0.110. The number of carbonyl (C=O) groups is 2. The first-order chi connectivity index (χ1) is 11.0. The van der Waals surface area contributed by atoms with E-state index in [1.165, 1.54) is 12.3 Å². The van der Waals surface area contributed by atoms with Gasteiger partial charge in [-0.3, -0.25) is 9.59 Å². The third kappa shape index (κ3) is 3.08. The van der Waals surface area contributed by atoms with Crippen molar-refractivity contribution in [2.75, 3.05) is 5.32 Å². The number of hydrogen-bond acceptors (Lipinski definition) is 3. The molecule has 2 N–H and O–H groups in total. The fourth-order valence-electron chi connectivity index (χ4n) is 2.26. The number of anilines is 1. The van der Waals surface area contributed by atoms with Crippen molar-refractivity contribution in [2.24, 2.45) is 5.41 Å². The zero-order chi connectivity index (χ0) is 16.4. The Balaban J connectivity index is 1.63. The summed E-state index contributed by atoms with van der Waals surface area (Å²) in [6, 6.07) is 6.45. The minimum Gasteiger partial charge on any atom is -0.467 e. The van der Waals surface area contributed by atoms with Gasteiger partial charge in [-0.15, -0.1) is 0 Å². The number of carbonyl (C=O) groups excluding carboxylic acids is 2. The maximum atomic E-state index is 13.2. The molecule has 0 atom stereocenters. The molecule has 1 aliphatic rings. The van der Waals surface area contributed by atoms with Crippen molar-refractivity contribution in [2.45, 2.75) is 19.4 Å². The average Bonchev–Trinajstić information content (AvgIpc) is 3.18. The summed E-state index contributed by atoms with van der Waals surface area (Å²) < 4.78 is 31.2. The summed E-state index contributed by atoms with van der Waals surface area (Å²) in [5.41, 5.74) is -1.05. The number of halogens is 2. The van der Waals surface area contributed by atoms with Gasteiger partial charge in [0.2, 0.25) is 11.8 Å². The molecular weight excluding hydrogens is 306 g/mol. The van der Waals surface area contributed by atoms with E-state index >= 15 is 0 Å². The SMILES string of the molecule is O=C(NCc1ccco1)C1(C(=O)Nc2ccc(F)c(F)c2)CC1. The highest BCUT2D eigenvalue weighted by molar-refractivity contribution is 6.13. The summed E-state index contributed by atoms with van der Waals surface area (Å²) in [5, 5.41) is 5.10. The third-order valence-electron chi connectivity index (χ3n) is 3.80. The normalized spacial score (nSPS) is 15.0. The molecule has 2 amide bonds. The summed E-state index contributed by atoms with van der Waals surface area (Å²) in [4.78, 5) is 24.5. The summed E-state index contributed by atoms with van der Waals surface area (Å²) in [6.45, 7) is 0.187. The van der Waals surface area contributed by atoms with Crippen LogP contribution in [0.1, 0.15) is 18.6 Å². The molecule has 1 aromatic heterocycles. The predicted molar refractivity (Wildman–Crippen MR) is 77.2 cm³/mol. The summed E-state index contributed by atoms with van der Waals surface area (Å²) in [6.07, 6.45) is 2.31. The molecule has 1 aromatic carbocycles. The Morgan fingerprint density at radius 1 is 1.13 bits per heavy atom. The highest BCUT2D eigenvalue weighted by atomic mass is 19.2. The van der Waals surface area contributed by atoms with Gasteiger partial charge >= 0.3 is 0 Å². The maximum absolute atomic E-state index is 13.2. The van der Waals surface area contributed by atoms with E-state index in [1.54, 1.807) is 12.1 Å². The quantitative estimate of drug-likeness (QED) is 0.832. The van der Waals surface area contributed by atoms with Gasteiger partial charge < -0.3 is 15.1 Å². The molecule has 0 unspecified atom stereocenters. The Hall–Kier alpha value is -2.70. The number of amides is 2. The molecule has 5 nitrogen and oxygen atoms in total. The van der Waals surface area contributed by atoms with Crippen LogP contribution >= 0.6 is 0 Å². The van der Waals surface area contributed by atoms with E-state index in [2.05, 4.69) is 10.6 Å². The molecule has 0 aliphatic heterocycles. The largest absolute Gasteiger partial charge is 0.467 e. The van der Waals surface area contributed by atoms with Gasteiger partial charge in [0.25, 0.3) is 0 Å². The van der Waals surface area contributed by atoms with Crippen molar-refractivity contribution in [3.05, 3.63) is 54.0 Å². The van der Waals surface area contributed by atoms with Gasteiger partial charge in [0.15, 0.2) is 11.6 Å². The van der Waals surface area contributed by atoms with Crippen LogP contribution in [0.15, 0.2) is 41.0 Å².